The van der Waals surface area contributed by atoms with Crippen LogP contribution in [0.3, 0.4) is 0 Å². The summed E-state index contributed by atoms with van der Waals surface area (Å²) in [5, 5.41) is 5.81. The van der Waals surface area contributed by atoms with Crippen LogP contribution in [0.2, 0.25) is 5.02 Å². The summed E-state index contributed by atoms with van der Waals surface area (Å²) in [6.07, 6.45) is 2.33. The van der Waals surface area contributed by atoms with Crippen LogP contribution in [0.1, 0.15) is 42.1 Å². The minimum absolute atomic E-state index is 0.0103. The number of hydrogen-bond donors (Lipinski definition) is 0. The molecule has 3 rings (SSSR count). The van der Waals surface area contributed by atoms with E-state index in [2.05, 4.69) is 5.10 Å². The highest BCUT2D eigenvalue weighted by Crippen LogP contribution is 2.34. The largest absolute Gasteiger partial charge is 0.457 e. The van der Waals surface area contributed by atoms with Gasteiger partial charge in [0, 0.05) is 35.8 Å². The van der Waals surface area contributed by atoms with Crippen LogP contribution in [-0.4, -0.2) is 43.9 Å². The molecule has 0 amide bonds. The summed E-state index contributed by atoms with van der Waals surface area (Å²) in [4.78, 5) is 25.2. The van der Waals surface area contributed by atoms with Gasteiger partial charge in [0.1, 0.15) is 0 Å². The molecular formula is C18H18Cl2N2O5S. The van der Waals surface area contributed by atoms with Gasteiger partial charge in [0.2, 0.25) is 5.90 Å². The van der Waals surface area contributed by atoms with Crippen molar-refractivity contribution in [1.82, 2.24) is 5.01 Å². The topological polar surface area (TPSA) is 93.1 Å². The monoisotopic (exact) mass is 444 g/mol. The maximum absolute atomic E-state index is 13.0. The third-order valence-electron chi connectivity index (χ3n) is 4.47. The van der Waals surface area contributed by atoms with E-state index in [0.717, 1.165) is 6.26 Å². The maximum Gasteiger partial charge on any atom is 0.204 e. The van der Waals surface area contributed by atoms with E-state index in [1.165, 1.54) is 17.1 Å². The Kier molecular flexibility index (Phi) is 5.84. The predicted octanol–water partition coefficient (Wildman–Crippen LogP) is 3.30. The van der Waals surface area contributed by atoms with E-state index in [1.807, 2.05) is 0 Å². The van der Waals surface area contributed by atoms with E-state index in [0.29, 0.717) is 18.7 Å². The molecule has 2 aliphatic rings. The van der Waals surface area contributed by atoms with Crippen LogP contribution in [0.25, 0.3) is 0 Å². The molecule has 0 bridgehead atoms. The zero-order chi connectivity index (χ0) is 20.6. The fourth-order valence-electron chi connectivity index (χ4n) is 3.15. The Morgan fingerprint density at radius 3 is 2.57 bits per heavy atom. The molecule has 1 aromatic rings. The first-order valence-electron chi connectivity index (χ1n) is 8.50. The van der Waals surface area contributed by atoms with Gasteiger partial charge >= 0.3 is 0 Å². The Hall–Kier alpha value is -1.90. The zero-order valence-electron chi connectivity index (χ0n) is 15.3. The van der Waals surface area contributed by atoms with Crippen molar-refractivity contribution < 1.29 is 22.7 Å². The maximum atomic E-state index is 13.0. The molecule has 28 heavy (non-hydrogen) atoms. The third-order valence-corrected chi connectivity index (χ3v) is 6.46. The lowest BCUT2D eigenvalue weighted by molar-refractivity contribution is -0.115. The van der Waals surface area contributed by atoms with Crippen molar-refractivity contribution in [3.63, 3.8) is 0 Å². The molecule has 150 valence electrons. The minimum Gasteiger partial charge on any atom is -0.457 e. The van der Waals surface area contributed by atoms with E-state index in [-0.39, 0.29) is 57.1 Å². The number of carbonyl (C=O) groups excluding carboxylic acids is 2. The van der Waals surface area contributed by atoms with Crippen LogP contribution in [0, 0.1) is 0 Å². The molecule has 0 spiro atoms. The first-order valence-corrected chi connectivity index (χ1v) is 11.1. The minimum atomic E-state index is -3.62. The van der Waals surface area contributed by atoms with E-state index < -0.39 is 15.6 Å². The number of halogens is 2. The van der Waals surface area contributed by atoms with Crippen LogP contribution in [-0.2, 0) is 25.9 Å². The molecule has 0 N–H and O–H groups in total. The number of hydrazone groups is 1. The Balaban J connectivity index is 2.10. The standard InChI is InChI=1S/C18H18Cl2N2O5S/c1-10-21-22(9-27-10)8-12-15(28(2,25)26)7-6-11(17(12)20)18(24)16-13(19)4-3-5-14(16)23/h6-7H,3-5,8-9H2,1-2H3. The number of Topliss-reactive ketones (excluding diaryl/α,β-unsaturated/α-hetero) is 2. The van der Waals surface area contributed by atoms with Crippen LogP contribution in [0.5, 0.6) is 0 Å². The summed E-state index contributed by atoms with van der Waals surface area (Å²) in [5.41, 5.74) is 0.177. The Labute approximate surface area is 172 Å². The molecule has 7 nitrogen and oxygen atoms in total. The molecule has 0 unspecified atom stereocenters. The van der Waals surface area contributed by atoms with Gasteiger partial charge in [0.25, 0.3) is 0 Å². The quantitative estimate of drug-likeness (QED) is 0.510. The lowest BCUT2D eigenvalue weighted by Crippen LogP contribution is -2.21. The normalized spacial score (nSPS) is 17.6. The van der Waals surface area contributed by atoms with Gasteiger partial charge in [-0.05, 0) is 25.0 Å². The number of carbonyl (C=O) groups is 2. The van der Waals surface area contributed by atoms with Gasteiger partial charge < -0.3 is 4.74 Å². The molecule has 10 heteroatoms. The van der Waals surface area contributed by atoms with E-state index in [1.54, 1.807) is 6.92 Å². The van der Waals surface area contributed by atoms with Gasteiger partial charge in [-0.25, -0.2) is 8.42 Å². The SMILES string of the molecule is CC1=NN(Cc2c(S(C)(=O)=O)ccc(C(=O)C3=C(Cl)CCCC3=O)c2Cl)CO1. The molecule has 1 aromatic carbocycles. The van der Waals surface area contributed by atoms with E-state index in [4.69, 9.17) is 27.9 Å². The van der Waals surface area contributed by atoms with Gasteiger partial charge in [-0.1, -0.05) is 23.2 Å². The highest BCUT2D eigenvalue weighted by molar-refractivity contribution is 7.90. The number of rotatable bonds is 5. The van der Waals surface area contributed by atoms with Crippen LogP contribution >= 0.6 is 23.2 Å². The molecule has 1 aliphatic heterocycles. The smallest absolute Gasteiger partial charge is 0.204 e. The third kappa shape index (κ3) is 4.09. The fourth-order valence-corrected chi connectivity index (χ4v) is 4.77. The molecular weight excluding hydrogens is 427 g/mol. The number of sulfone groups is 1. The molecule has 0 radical (unpaired) electrons. The van der Waals surface area contributed by atoms with Crippen molar-refractivity contribution in [2.75, 3.05) is 13.0 Å². The van der Waals surface area contributed by atoms with Crippen molar-refractivity contribution in [1.29, 1.82) is 0 Å². The van der Waals surface area contributed by atoms with Gasteiger partial charge in [-0.2, -0.15) is 0 Å². The number of ether oxygens (including phenoxy) is 1. The van der Waals surface area contributed by atoms with E-state index in [9.17, 15) is 18.0 Å². The molecule has 0 saturated carbocycles. The second-order valence-electron chi connectivity index (χ2n) is 6.62. The number of hydrogen-bond acceptors (Lipinski definition) is 7. The van der Waals surface area contributed by atoms with Gasteiger partial charge in [0.05, 0.1) is 22.0 Å². The zero-order valence-corrected chi connectivity index (χ0v) is 17.6. The fraction of sp³-hybridized carbons (Fsp3) is 0.389. The molecule has 0 atom stereocenters. The Morgan fingerprint density at radius 1 is 1.29 bits per heavy atom. The molecule has 0 fully saturated rings. The van der Waals surface area contributed by atoms with Crippen molar-refractivity contribution in [2.45, 2.75) is 37.6 Å². The van der Waals surface area contributed by atoms with Crippen molar-refractivity contribution in [3.8, 4) is 0 Å². The Morgan fingerprint density at radius 2 is 2.00 bits per heavy atom. The highest BCUT2D eigenvalue weighted by atomic mass is 35.5. The van der Waals surface area contributed by atoms with Crippen LogP contribution < -0.4 is 0 Å². The highest BCUT2D eigenvalue weighted by Gasteiger charge is 2.30. The van der Waals surface area contributed by atoms with Crippen molar-refractivity contribution >= 4 is 50.5 Å². The van der Waals surface area contributed by atoms with Crippen LogP contribution in [0.15, 0.2) is 32.7 Å². The average Bonchev–Trinajstić information content (AvgIpc) is 3.00. The van der Waals surface area contributed by atoms with Crippen molar-refractivity contribution in [3.05, 3.63) is 38.9 Å². The lowest BCUT2D eigenvalue weighted by Gasteiger charge is -2.19. The number of benzene rings is 1. The second kappa shape index (κ2) is 7.85. The van der Waals surface area contributed by atoms with Crippen molar-refractivity contribution in [2.24, 2.45) is 5.10 Å². The summed E-state index contributed by atoms with van der Waals surface area (Å²) in [6.45, 7) is 1.83. The first kappa shape index (κ1) is 20.8. The summed E-state index contributed by atoms with van der Waals surface area (Å²) in [5.74, 6) is -0.494. The first-order chi connectivity index (χ1) is 13.1. The number of allylic oxidation sites excluding steroid dienone is 2. The van der Waals surface area contributed by atoms with Gasteiger partial charge in [-0.3, -0.25) is 14.6 Å². The molecule has 0 aromatic heterocycles. The number of nitrogens with zero attached hydrogens (tertiary/aromatic N) is 2. The average molecular weight is 445 g/mol. The summed E-state index contributed by atoms with van der Waals surface area (Å²) >= 11 is 12.6. The molecule has 1 heterocycles. The number of ketones is 2. The molecule has 1 aliphatic carbocycles. The second-order valence-corrected chi connectivity index (χ2v) is 9.44. The van der Waals surface area contributed by atoms with E-state index >= 15 is 0 Å². The summed E-state index contributed by atoms with van der Waals surface area (Å²) in [7, 11) is -3.62. The summed E-state index contributed by atoms with van der Waals surface area (Å²) in [6, 6.07) is 2.64. The van der Waals surface area contributed by atoms with Gasteiger partial charge in [-0.15, -0.1) is 5.10 Å². The summed E-state index contributed by atoms with van der Waals surface area (Å²) < 4.78 is 29.7. The lowest BCUT2D eigenvalue weighted by atomic mass is 9.91. The van der Waals surface area contributed by atoms with Crippen LogP contribution in [0.4, 0.5) is 0 Å². The predicted molar refractivity (Wildman–Crippen MR) is 105 cm³/mol. The molecule has 0 saturated heterocycles. The van der Waals surface area contributed by atoms with Gasteiger partial charge in [0.15, 0.2) is 28.1 Å². The Bertz CT molecular complexity index is 1030.